The molecule has 64 heavy (non-hydrogen) atoms. The summed E-state index contributed by atoms with van der Waals surface area (Å²) in [7, 11) is 2.60. The molecule has 14 heteroatoms. The molecule has 4 aromatic carbocycles. The summed E-state index contributed by atoms with van der Waals surface area (Å²) in [6, 6.07) is 20.8. The van der Waals surface area contributed by atoms with Crippen LogP contribution < -0.4 is 10.6 Å². The molecule has 0 aliphatic rings. The van der Waals surface area contributed by atoms with Gasteiger partial charge in [0.1, 0.15) is 42.4 Å². The molecule has 0 saturated carbocycles. The maximum absolute atomic E-state index is 14.2. The van der Waals surface area contributed by atoms with Crippen molar-refractivity contribution >= 4 is 30.0 Å². The molecule has 0 unspecified atom stereocenters. The summed E-state index contributed by atoms with van der Waals surface area (Å²) >= 11 is 0. The maximum atomic E-state index is 14.2. The Kier molecular flexibility index (Phi) is 16.2. The van der Waals surface area contributed by atoms with Crippen molar-refractivity contribution in [3.8, 4) is 22.6 Å². The van der Waals surface area contributed by atoms with E-state index in [0.717, 1.165) is 16.0 Å². The zero-order valence-electron chi connectivity index (χ0n) is 39.0. The summed E-state index contributed by atoms with van der Waals surface area (Å²) in [5.74, 6) is -2.62. The molecule has 0 heterocycles. The van der Waals surface area contributed by atoms with Gasteiger partial charge in [-0.2, -0.15) is 0 Å². The molecule has 0 saturated heterocycles. The molecule has 4 N–H and O–H groups in total. The molecule has 3 atom stereocenters. The third-order valence-corrected chi connectivity index (χ3v) is 10.2. The highest BCUT2D eigenvalue weighted by Crippen LogP contribution is 2.47. The Balaban J connectivity index is 1.82. The van der Waals surface area contributed by atoms with Crippen LogP contribution in [0.1, 0.15) is 109 Å². The van der Waals surface area contributed by atoms with Gasteiger partial charge < -0.3 is 39.8 Å². The van der Waals surface area contributed by atoms with E-state index in [1.807, 2.05) is 65.8 Å². The molecule has 14 nitrogen and oxygen atoms in total. The van der Waals surface area contributed by atoms with Crippen LogP contribution in [0.4, 0.5) is 9.59 Å². The Morgan fingerprint density at radius 2 is 1.16 bits per heavy atom. The summed E-state index contributed by atoms with van der Waals surface area (Å²) in [6.45, 7) is 17.7. The minimum Gasteiger partial charge on any atom is -0.507 e. The van der Waals surface area contributed by atoms with Crippen molar-refractivity contribution in [3.63, 3.8) is 0 Å². The molecule has 0 fully saturated rings. The number of nitrogens with zero attached hydrogens (tertiary/aromatic N) is 1. The van der Waals surface area contributed by atoms with E-state index >= 15 is 0 Å². The Bertz CT molecular complexity index is 2290. The maximum Gasteiger partial charge on any atom is 0.411 e. The number of likely N-dealkylation sites (N-methyl/N-ethyl adjacent to an activating group) is 1. The van der Waals surface area contributed by atoms with Crippen LogP contribution >= 0.6 is 0 Å². The van der Waals surface area contributed by atoms with E-state index in [1.165, 1.54) is 27.1 Å². The number of carbonyl (C=O) groups excluding carboxylic acids is 5. The number of phenolic OH excluding ortho intramolecular Hbond substituents is 2. The number of benzene rings is 4. The number of carbonyl (C=O) groups is 5. The fourth-order valence-corrected chi connectivity index (χ4v) is 6.82. The van der Waals surface area contributed by atoms with Crippen LogP contribution in [-0.4, -0.2) is 77.0 Å². The molecule has 0 spiro atoms. The van der Waals surface area contributed by atoms with Crippen LogP contribution in [0.25, 0.3) is 11.1 Å². The van der Waals surface area contributed by atoms with Crippen molar-refractivity contribution in [2.24, 2.45) is 0 Å². The van der Waals surface area contributed by atoms with Crippen molar-refractivity contribution in [2.75, 3.05) is 14.2 Å². The summed E-state index contributed by atoms with van der Waals surface area (Å²) < 4.78 is 21.9. The van der Waals surface area contributed by atoms with E-state index in [1.54, 1.807) is 75.4 Å². The molecule has 0 radical (unpaired) electrons. The fourth-order valence-electron chi connectivity index (χ4n) is 6.82. The van der Waals surface area contributed by atoms with Crippen LogP contribution in [0.3, 0.4) is 0 Å². The van der Waals surface area contributed by atoms with Crippen LogP contribution in [0.2, 0.25) is 0 Å². The van der Waals surface area contributed by atoms with Crippen LogP contribution in [-0.2, 0) is 63.8 Å². The largest absolute Gasteiger partial charge is 0.507 e. The molecule has 0 aliphatic heterocycles. The molecular formula is C50H63N3O11. The second kappa shape index (κ2) is 20.7. The fraction of sp³-hybridized carbons (Fsp3) is 0.420. The predicted molar refractivity (Wildman–Crippen MR) is 242 cm³/mol. The zero-order valence-corrected chi connectivity index (χ0v) is 39.0. The predicted octanol–water partition coefficient (Wildman–Crippen LogP) is 8.53. The highest BCUT2D eigenvalue weighted by Gasteiger charge is 2.36. The normalized spacial score (nSPS) is 13.1. The van der Waals surface area contributed by atoms with Crippen LogP contribution in [0.5, 0.6) is 11.5 Å². The van der Waals surface area contributed by atoms with E-state index in [-0.39, 0.29) is 47.8 Å². The van der Waals surface area contributed by atoms with Crippen molar-refractivity contribution in [1.29, 1.82) is 0 Å². The quantitative estimate of drug-likeness (QED) is 0.0702. The minimum atomic E-state index is -1.38. The lowest BCUT2D eigenvalue weighted by Crippen LogP contribution is -2.51. The van der Waals surface area contributed by atoms with Gasteiger partial charge in [-0.25, -0.2) is 19.2 Å². The van der Waals surface area contributed by atoms with Crippen molar-refractivity contribution in [3.05, 3.63) is 118 Å². The number of ether oxygens (including phenoxy) is 4. The Labute approximate surface area is 376 Å². The van der Waals surface area contributed by atoms with Gasteiger partial charge in [0.15, 0.2) is 6.04 Å². The lowest BCUT2D eigenvalue weighted by atomic mass is 9.79. The van der Waals surface area contributed by atoms with Gasteiger partial charge in [-0.15, -0.1) is 0 Å². The van der Waals surface area contributed by atoms with E-state index in [9.17, 15) is 34.2 Å². The molecule has 0 aliphatic carbocycles. The average molecular weight is 882 g/mol. The number of rotatable bonds is 14. The Morgan fingerprint density at radius 1 is 0.656 bits per heavy atom. The number of esters is 2. The van der Waals surface area contributed by atoms with E-state index in [0.29, 0.717) is 16.7 Å². The zero-order chi connectivity index (χ0) is 47.7. The minimum absolute atomic E-state index is 0.0136. The highest BCUT2D eigenvalue weighted by atomic mass is 16.6. The number of methoxy groups -OCH3 is 1. The van der Waals surface area contributed by atoms with Gasteiger partial charge in [-0.05, 0) is 79.0 Å². The smallest absolute Gasteiger partial charge is 0.411 e. The molecule has 0 bridgehead atoms. The SMILES string of the molecule is COC(=O)[C@H](Cc1cc(-c2cc([C@@H](C(=O)OCc3ccccc3)N(C)C(=O)OC(C)(C)C)cc(C(C)(C)C)c2O)c(O)c(C(C)(C)C)c1)NC(=O)[C@H](C)NC(=O)OCc1ccccc1. The Hall–Kier alpha value is -6.57. The van der Waals surface area contributed by atoms with Crippen molar-refractivity contribution < 1.29 is 53.1 Å². The van der Waals surface area contributed by atoms with Crippen molar-refractivity contribution in [1.82, 2.24) is 15.5 Å². The first kappa shape index (κ1) is 50.1. The number of phenols is 2. The first-order chi connectivity index (χ1) is 29.8. The van der Waals surface area contributed by atoms with E-state index in [4.69, 9.17) is 18.9 Å². The standard InChI is InChI=1S/C50H63N3O11/c1-30(51-46(59)63-29-32-21-17-14-18-22-32)43(56)52-39(44(57)61-12)25-33-23-35(41(54)37(24-33)48(2,3)4)36-26-34(27-38(42(36)55)49(5,6)7)40(53(11)47(60)64-50(8,9)10)45(58)62-28-31-19-15-13-16-20-31/h13-24,26-27,30,39-40,54-55H,25,28-29H2,1-12H3,(H,51,59)(H,52,56)/t30-,39-,40-/m0/s1. The number of hydrogen-bond donors (Lipinski definition) is 4. The molecular weight excluding hydrogens is 819 g/mol. The molecule has 344 valence electrons. The molecule has 3 amide bonds. The third-order valence-electron chi connectivity index (χ3n) is 10.2. The van der Waals surface area contributed by atoms with Gasteiger partial charge in [-0.3, -0.25) is 9.69 Å². The second-order valence-corrected chi connectivity index (χ2v) is 18.8. The van der Waals surface area contributed by atoms with E-state index in [2.05, 4.69) is 10.6 Å². The molecule has 0 aromatic heterocycles. The first-order valence-corrected chi connectivity index (χ1v) is 21.1. The van der Waals surface area contributed by atoms with Crippen LogP contribution in [0, 0.1) is 0 Å². The summed E-state index contributed by atoms with van der Waals surface area (Å²) in [5, 5.41) is 29.4. The number of alkyl carbamates (subject to hydrolysis) is 1. The van der Waals surface area contributed by atoms with E-state index < -0.39 is 64.6 Å². The number of hydrogen-bond acceptors (Lipinski definition) is 11. The van der Waals surface area contributed by atoms with Gasteiger partial charge in [0, 0.05) is 35.7 Å². The van der Waals surface area contributed by atoms with Gasteiger partial charge in [0.2, 0.25) is 5.91 Å². The summed E-state index contributed by atoms with van der Waals surface area (Å²) in [6.07, 6.45) is -1.77. The third kappa shape index (κ3) is 13.5. The van der Waals surface area contributed by atoms with Crippen molar-refractivity contribution in [2.45, 2.75) is 123 Å². The second-order valence-electron chi connectivity index (χ2n) is 18.8. The topological polar surface area (TPSA) is 190 Å². The number of nitrogens with one attached hydrogen (secondary N) is 2. The molecule has 4 aromatic rings. The Morgan fingerprint density at radius 3 is 1.66 bits per heavy atom. The summed E-state index contributed by atoms with van der Waals surface area (Å²) in [5.41, 5.74) is 0.967. The number of amides is 3. The van der Waals surface area contributed by atoms with Crippen LogP contribution in [0.15, 0.2) is 84.9 Å². The van der Waals surface area contributed by atoms with Gasteiger partial charge in [0.25, 0.3) is 0 Å². The monoisotopic (exact) mass is 881 g/mol. The van der Waals surface area contributed by atoms with Gasteiger partial charge in [0.05, 0.1) is 7.11 Å². The van der Waals surface area contributed by atoms with Gasteiger partial charge >= 0.3 is 24.1 Å². The lowest BCUT2D eigenvalue weighted by molar-refractivity contribution is -0.151. The highest BCUT2D eigenvalue weighted by molar-refractivity contribution is 5.90. The van der Waals surface area contributed by atoms with Gasteiger partial charge in [-0.1, -0.05) is 108 Å². The molecule has 4 rings (SSSR count). The average Bonchev–Trinajstić information content (AvgIpc) is 3.21. The summed E-state index contributed by atoms with van der Waals surface area (Å²) in [4.78, 5) is 68.3. The first-order valence-electron chi connectivity index (χ1n) is 21.1. The lowest BCUT2D eigenvalue weighted by Gasteiger charge is -2.32. The number of aromatic hydroxyl groups is 2.